The molecule has 8 heteroatoms. The third-order valence-electron chi connectivity index (χ3n) is 1.96. The minimum Gasteiger partial charge on any atom is -0.470 e. The summed E-state index contributed by atoms with van der Waals surface area (Å²) in [4.78, 5) is 14.1. The number of nitrogens with two attached hydrogens (primary N) is 1. The van der Waals surface area contributed by atoms with Crippen LogP contribution in [-0.4, -0.2) is 29.2 Å². The van der Waals surface area contributed by atoms with E-state index in [-0.39, 0.29) is 24.3 Å². The Balaban J connectivity index is 2.69. The van der Waals surface area contributed by atoms with E-state index in [9.17, 15) is 10.1 Å². The Morgan fingerprint density at radius 2 is 2.22 bits per heavy atom. The molecule has 0 amide bonds. The summed E-state index contributed by atoms with van der Waals surface area (Å²) in [5.41, 5.74) is 2.09. The number of nitrogens with one attached hydrogen (secondary N) is 1. The summed E-state index contributed by atoms with van der Waals surface area (Å²) in [6.45, 7) is 4.29. The number of hydrogen-bond donors (Lipinski definition) is 2. The van der Waals surface area contributed by atoms with Gasteiger partial charge in [0.2, 0.25) is 0 Å². The highest BCUT2D eigenvalue weighted by Crippen LogP contribution is 2.25. The molecule has 0 saturated heterocycles. The van der Waals surface area contributed by atoms with Gasteiger partial charge in [-0.1, -0.05) is 0 Å². The van der Waals surface area contributed by atoms with E-state index in [1.165, 1.54) is 12.1 Å². The van der Waals surface area contributed by atoms with Crippen LogP contribution in [0.2, 0.25) is 0 Å². The lowest BCUT2D eigenvalue weighted by molar-refractivity contribution is -0.386. The summed E-state index contributed by atoms with van der Waals surface area (Å²) in [6, 6.07) is 2.68. The van der Waals surface area contributed by atoms with Crippen LogP contribution in [0.15, 0.2) is 12.1 Å². The van der Waals surface area contributed by atoms with E-state index in [0.29, 0.717) is 12.4 Å². The molecular weight excluding hydrogens is 240 g/mol. The van der Waals surface area contributed by atoms with Crippen molar-refractivity contribution in [2.45, 2.75) is 20.0 Å². The number of hydrazine groups is 1. The molecule has 100 valence electrons. The normalized spacial score (nSPS) is 10.4. The Morgan fingerprint density at radius 3 is 2.78 bits per heavy atom. The first kappa shape index (κ1) is 14.1. The molecule has 1 aromatic heterocycles. The molecule has 0 saturated carbocycles. The summed E-state index contributed by atoms with van der Waals surface area (Å²) in [7, 11) is 0. The highest BCUT2D eigenvalue weighted by molar-refractivity contribution is 5.48. The van der Waals surface area contributed by atoms with Crippen LogP contribution < -0.4 is 16.0 Å². The fraction of sp³-hybridized carbons (Fsp3) is 0.500. The number of nitro groups is 1. The lowest BCUT2D eigenvalue weighted by Crippen LogP contribution is -2.14. The quantitative estimate of drug-likeness (QED) is 0.325. The van der Waals surface area contributed by atoms with Crippen LogP contribution in [0.4, 0.5) is 11.5 Å². The number of nitrogen functional groups attached to an aromatic ring is 1. The van der Waals surface area contributed by atoms with Crippen molar-refractivity contribution in [1.82, 2.24) is 4.98 Å². The zero-order valence-corrected chi connectivity index (χ0v) is 10.3. The predicted molar refractivity (Wildman–Crippen MR) is 65.3 cm³/mol. The average Bonchev–Trinajstić information content (AvgIpc) is 2.33. The Hall–Kier alpha value is -1.93. The number of ether oxygens (including phenoxy) is 2. The molecule has 1 aromatic rings. The monoisotopic (exact) mass is 256 g/mol. The fourth-order valence-corrected chi connectivity index (χ4v) is 1.18. The number of aromatic nitrogens is 1. The van der Waals surface area contributed by atoms with Gasteiger partial charge < -0.3 is 14.9 Å². The van der Waals surface area contributed by atoms with Gasteiger partial charge in [-0.2, -0.15) is 4.98 Å². The number of hydrogen-bond acceptors (Lipinski definition) is 7. The lowest BCUT2D eigenvalue weighted by Gasteiger charge is -2.09. The number of anilines is 1. The van der Waals surface area contributed by atoms with Crippen LogP contribution in [0.3, 0.4) is 0 Å². The molecule has 1 rings (SSSR count). The maximum absolute atomic E-state index is 10.8. The SMILES string of the molecule is CC(C)OCCOc1nc(NN)ccc1[N+](=O)[O-]. The highest BCUT2D eigenvalue weighted by atomic mass is 16.6. The molecule has 0 unspecified atom stereocenters. The standard InChI is InChI=1S/C10H16N4O4/c1-7(2)17-5-6-18-10-8(14(15)16)3-4-9(12-10)13-11/h3-4,7H,5-6,11H2,1-2H3,(H,12,13). The first-order valence-corrected chi connectivity index (χ1v) is 5.41. The van der Waals surface area contributed by atoms with Gasteiger partial charge in [0.15, 0.2) is 0 Å². The van der Waals surface area contributed by atoms with Crippen LogP contribution in [0.5, 0.6) is 5.88 Å². The smallest absolute Gasteiger partial charge is 0.331 e. The third-order valence-corrected chi connectivity index (χ3v) is 1.96. The van der Waals surface area contributed by atoms with Gasteiger partial charge in [0.25, 0.3) is 5.88 Å². The number of rotatable bonds is 7. The molecule has 1 heterocycles. The van der Waals surface area contributed by atoms with E-state index in [4.69, 9.17) is 15.3 Å². The summed E-state index contributed by atoms with van der Waals surface area (Å²) in [5, 5.41) is 10.8. The minimum atomic E-state index is -0.564. The molecule has 0 fully saturated rings. The van der Waals surface area contributed by atoms with E-state index >= 15 is 0 Å². The highest BCUT2D eigenvalue weighted by Gasteiger charge is 2.17. The summed E-state index contributed by atoms with van der Waals surface area (Å²) >= 11 is 0. The van der Waals surface area contributed by atoms with E-state index in [0.717, 1.165) is 0 Å². The van der Waals surface area contributed by atoms with Crippen LogP contribution in [0.1, 0.15) is 13.8 Å². The topological polar surface area (TPSA) is 113 Å². The third kappa shape index (κ3) is 4.15. The summed E-state index contributed by atoms with van der Waals surface area (Å²) < 4.78 is 10.5. The Morgan fingerprint density at radius 1 is 1.50 bits per heavy atom. The predicted octanol–water partition coefficient (Wildman–Crippen LogP) is 1.08. The van der Waals surface area contributed by atoms with E-state index in [1.807, 2.05) is 13.8 Å². The molecule has 0 aliphatic carbocycles. The molecule has 3 N–H and O–H groups in total. The van der Waals surface area contributed by atoms with Gasteiger partial charge in [-0.25, -0.2) is 5.84 Å². The summed E-state index contributed by atoms with van der Waals surface area (Å²) in [5.74, 6) is 5.39. The fourth-order valence-electron chi connectivity index (χ4n) is 1.18. The second-order valence-electron chi connectivity index (χ2n) is 3.69. The first-order valence-electron chi connectivity index (χ1n) is 5.41. The average molecular weight is 256 g/mol. The summed E-state index contributed by atoms with van der Waals surface area (Å²) in [6.07, 6.45) is 0.0774. The largest absolute Gasteiger partial charge is 0.470 e. The second-order valence-corrected chi connectivity index (χ2v) is 3.69. The zero-order valence-electron chi connectivity index (χ0n) is 10.3. The molecule has 0 bridgehead atoms. The lowest BCUT2D eigenvalue weighted by atomic mass is 10.4. The van der Waals surface area contributed by atoms with Crippen molar-refractivity contribution in [3.8, 4) is 5.88 Å². The van der Waals surface area contributed by atoms with Crippen molar-refractivity contribution in [1.29, 1.82) is 0 Å². The molecule has 0 atom stereocenters. The van der Waals surface area contributed by atoms with Crippen LogP contribution >= 0.6 is 0 Å². The van der Waals surface area contributed by atoms with E-state index in [1.54, 1.807) is 0 Å². The number of pyridine rings is 1. The molecule has 0 aliphatic rings. The first-order chi connectivity index (χ1) is 8.54. The van der Waals surface area contributed by atoms with Crippen LogP contribution in [-0.2, 0) is 4.74 Å². The minimum absolute atomic E-state index is 0.0774. The van der Waals surface area contributed by atoms with Crippen molar-refractivity contribution in [3.63, 3.8) is 0 Å². The second kappa shape index (κ2) is 6.72. The van der Waals surface area contributed by atoms with E-state index < -0.39 is 4.92 Å². The Bertz CT molecular complexity index is 411. The maximum atomic E-state index is 10.8. The van der Waals surface area contributed by atoms with Crippen molar-refractivity contribution < 1.29 is 14.4 Å². The molecule has 0 spiro atoms. The maximum Gasteiger partial charge on any atom is 0.331 e. The molecular formula is C10H16N4O4. The Kier molecular flexibility index (Phi) is 5.28. The Labute approximate surface area is 104 Å². The van der Waals surface area contributed by atoms with Gasteiger partial charge in [0, 0.05) is 6.07 Å². The van der Waals surface area contributed by atoms with Gasteiger partial charge in [-0.05, 0) is 19.9 Å². The van der Waals surface area contributed by atoms with Gasteiger partial charge >= 0.3 is 5.69 Å². The van der Waals surface area contributed by atoms with Gasteiger partial charge in [0.1, 0.15) is 12.4 Å². The molecule has 0 radical (unpaired) electrons. The van der Waals surface area contributed by atoms with Crippen LogP contribution in [0.25, 0.3) is 0 Å². The molecule has 8 nitrogen and oxygen atoms in total. The van der Waals surface area contributed by atoms with Gasteiger partial charge in [-0.3, -0.25) is 10.1 Å². The van der Waals surface area contributed by atoms with Gasteiger partial charge in [-0.15, -0.1) is 0 Å². The van der Waals surface area contributed by atoms with E-state index in [2.05, 4.69) is 10.4 Å². The van der Waals surface area contributed by atoms with Crippen molar-refractivity contribution in [2.24, 2.45) is 5.84 Å². The van der Waals surface area contributed by atoms with Crippen molar-refractivity contribution in [3.05, 3.63) is 22.2 Å². The van der Waals surface area contributed by atoms with Crippen LogP contribution in [0, 0.1) is 10.1 Å². The molecule has 0 aliphatic heterocycles. The number of nitrogens with zero attached hydrogens (tertiary/aromatic N) is 2. The van der Waals surface area contributed by atoms with Crippen molar-refractivity contribution in [2.75, 3.05) is 18.6 Å². The molecule has 18 heavy (non-hydrogen) atoms. The van der Waals surface area contributed by atoms with Gasteiger partial charge in [0.05, 0.1) is 17.6 Å². The zero-order chi connectivity index (χ0) is 13.5. The molecule has 0 aromatic carbocycles. The van der Waals surface area contributed by atoms with Crippen molar-refractivity contribution >= 4 is 11.5 Å².